The maximum Gasteiger partial charge on any atom is 0.180 e. The van der Waals surface area contributed by atoms with Gasteiger partial charge in [-0.2, -0.15) is 0 Å². The molecule has 1 aliphatic rings. The van der Waals surface area contributed by atoms with Crippen molar-refractivity contribution in [1.82, 2.24) is 5.32 Å². The van der Waals surface area contributed by atoms with Crippen molar-refractivity contribution in [3.63, 3.8) is 0 Å². The molecule has 0 aliphatic heterocycles. The van der Waals surface area contributed by atoms with Gasteiger partial charge in [0.15, 0.2) is 5.78 Å². The van der Waals surface area contributed by atoms with Crippen molar-refractivity contribution in [3.05, 3.63) is 28.8 Å². The lowest BCUT2D eigenvalue weighted by Crippen LogP contribution is -2.43. The Morgan fingerprint density at radius 3 is 2.70 bits per heavy atom. The molecule has 112 valence electrons. The summed E-state index contributed by atoms with van der Waals surface area (Å²) in [5, 5.41) is 22.2. The molecule has 0 saturated carbocycles. The Labute approximate surface area is 125 Å². The number of ketones is 1. The number of phenolic OH excluding ortho intramolecular Hbond substituents is 1. The highest BCUT2D eigenvalue weighted by molar-refractivity contribution is 6.03. The summed E-state index contributed by atoms with van der Waals surface area (Å²) in [6, 6.07) is 3.38. The van der Waals surface area contributed by atoms with E-state index in [9.17, 15) is 9.90 Å². The van der Waals surface area contributed by atoms with Crippen molar-refractivity contribution in [2.24, 2.45) is 0 Å². The second-order valence-electron chi connectivity index (χ2n) is 5.34. The molecule has 0 heterocycles. The van der Waals surface area contributed by atoms with Gasteiger partial charge in [0, 0.05) is 23.8 Å². The van der Waals surface area contributed by atoms with Crippen LogP contribution >= 0.6 is 12.4 Å². The van der Waals surface area contributed by atoms with E-state index in [4.69, 9.17) is 5.11 Å². The van der Waals surface area contributed by atoms with Crippen LogP contribution < -0.4 is 5.32 Å². The van der Waals surface area contributed by atoms with E-state index < -0.39 is 0 Å². The largest absolute Gasteiger partial charge is 0.508 e. The second-order valence-corrected chi connectivity index (χ2v) is 5.34. The molecule has 0 bridgehead atoms. The number of aliphatic hydroxyl groups excluding tert-OH is 1. The normalized spacial score (nSPS) is 17.8. The third kappa shape index (κ3) is 3.32. The van der Waals surface area contributed by atoms with Gasteiger partial charge in [-0.15, -0.1) is 12.4 Å². The van der Waals surface area contributed by atoms with E-state index >= 15 is 0 Å². The molecule has 20 heavy (non-hydrogen) atoms. The number of fused-ring (bicyclic) bond motifs is 1. The number of rotatable bonds is 4. The zero-order valence-corrected chi connectivity index (χ0v) is 12.7. The Kier molecular flexibility index (Phi) is 5.99. The van der Waals surface area contributed by atoms with Gasteiger partial charge in [-0.3, -0.25) is 4.79 Å². The molecule has 0 fully saturated rings. The van der Waals surface area contributed by atoms with E-state index in [-0.39, 0.29) is 42.6 Å². The number of nitrogens with one attached hydrogen (secondary N) is 1. The highest BCUT2D eigenvalue weighted by Gasteiger charge is 2.29. The minimum absolute atomic E-state index is 0. The Morgan fingerprint density at radius 1 is 1.40 bits per heavy atom. The maximum absolute atomic E-state index is 12.4. The number of Topliss-reactive ketones (excluding diaryl/α,β-unsaturated/α-hetero) is 1. The molecule has 1 aliphatic carbocycles. The summed E-state index contributed by atoms with van der Waals surface area (Å²) < 4.78 is 0. The first-order chi connectivity index (χ1) is 9.04. The molecule has 5 heteroatoms. The Balaban J connectivity index is 0.00000200. The van der Waals surface area contributed by atoms with Crippen molar-refractivity contribution in [2.75, 3.05) is 6.61 Å². The van der Waals surface area contributed by atoms with E-state index in [1.165, 1.54) is 0 Å². The minimum Gasteiger partial charge on any atom is -0.508 e. The fourth-order valence-corrected chi connectivity index (χ4v) is 2.76. The quantitative estimate of drug-likeness (QED) is 0.793. The van der Waals surface area contributed by atoms with E-state index in [0.717, 1.165) is 24.0 Å². The first-order valence-corrected chi connectivity index (χ1v) is 6.79. The molecule has 0 spiro atoms. The van der Waals surface area contributed by atoms with Gasteiger partial charge in [-0.1, -0.05) is 13.8 Å². The van der Waals surface area contributed by atoms with Crippen molar-refractivity contribution >= 4 is 18.2 Å². The SMILES string of the molecule is CC(C)NC1CCc2c(ccc(O)c2CCO)C1=O.Cl. The molecule has 1 atom stereocenters. The van der Waals surface area contributed by atoms with Gasteiger partial charge in [0.05, 0.1) is 6.04 Å². The zero-order chi connectivity index (χ0) is 14.0. The van der Waals surface area contributed by atoms with Gasteiger partial charge < -0.3 is 15.5 Å². The number of carbonyl (C=O) groups is 1. The average molecular weight is 300 g/mol. The van der Waals surface area contributed by atoms with Crippen LogP contribution in [0.3, 0.4) is 0 Å². The molecule has 0 amide bonds. The zero-order valence-electron chi connectivity index (χ0n) is 11.8. The molecule has 4 nitrogen and oxygen atoms in total. The van der Waals surface area contributed by atoms with Crippen molar-refractivity contribution in [3.8, 4) is 5.75 Å². The molecule has 0 saturated heterocycles. The third-order valence-corrected chi connectivity index (χ3v) is 3.57. The Morgan fingerprint density at radius 2 is 2.10 bits per heavy atom. The summed E-state index contributed by atoms with van der Waals surface area (Å²) in [6.07, 6.45) is 1.89. The van der Waals surface area contributed by atoms with Gasteiger partial charge >= 0.3 is 0 Å². The van der Waals surface area contributed by atoms with E-state index in [2.05, 4.69) is 5.32 Å². The van der Waals surface area contributed by atoms with Gasteiger partial charge in [0.25, 0.3) is 0 Å². The number of carbonyl (C=O) groups excluding carboxylic acids is 1. The van der Waals surface area contributed by atoms with Crippen LogP contribution in [0.5, 0.6) is 5.75 Å². The van der Waals surface area contributed by atoms with Crippen LogP contribution in [-0.2, 0) is 12.8 Å². The number of hydrogen-bond donors (Lipinski definition) is 3. The Hall–Kier alpha value is -1.10. The fraction of sp³-hybridized carbons (Fsp3) is 0.533. The van der Waals surface area contributed by atoms with Crippen molar-refractivity contribution < 1.29 is 15.0 Å². The van der Waals surface area contributed by atoms with Crippen molar-refractivity contribution in [1.29, 1.82) is 0 Å². The molecule has 3 N–H and O–H groups in total. The predicted octanol–water partition coefficient (Wildman–Crippen LogP) is 1.84. The first-order valence-electron chi connectivity index (χ1n) is 6.79. The summed E-state index contributed by atoms with van der Waals surface area (Å²) in [7, 11) is 0. The summed E-state index contributed by atoms with van der Waals surface area (Å²) in [4.78, 5) is 12.4. The third-order valence-electron chi connectivity index (χ3n) is 3.57. The smallest absolute Gasteiger partial charge is 0.180 e. The minimum atomic E-state index is -0.140. The summed E-state index contributed by atoms with van der Waals surface area (Å²) >= 11 is 0. The average Bonchev–Trinajstić information content (AvgIpc) is 2.36. The molecule has 1 aromatic carbocycles. The topological polar surface area (TPSA) is 69.6 Å². The molecule has 0 radical (unpaired) electrons. The van der Waals surface area contributed by atoms with E-state index in [0.29, 0.717) is 12.0 Å². The summed E-state index contributed by atoms with van der Waals surface area (Å²) in [5.41, 5.74) is 2.31. The molecular formula is C15H22ClNO3. The number of phenols is 1. The number of aromatic hydroxyl groups is 1. The van der Waals surface area contributed by atoms with E-state index in [1.807, 2.05) is 13.8 Å². The highest BCUT2D eigenvalue weighted by atomic mass is 35.5. The van der Waals surface area contributed by atoms with Crippen LogP contribution in [0.1, 0.15) is 41.8 Å². The van der Waals surface area contributed by atoms with Crippen LogP contribution in [0.2, 0.25) is 0 Å². The maximum atomic E-state index is 12.4. The number of aliphatic hydroxyl groups is 1. The predicted molar refractivity (Wildman–Crippen MR) is 80.9 cm³/mol. The summed E-state index contributed by atoms with van der Waals surface area (Å²) in [5.74, 6) is 0.269. The van der Waals surface area contributed by atoms with Gasteiger partial charge in [0.1, 0.15) is 5.75 Å². The molecular weight excluding hydrogens is 278 g/mol. The standard InChI is InChI=1S/C15H21NO3.ClH/c1-9(2)16-13-5-3-10-11(7-8-17)14(18)6-4-12(10)15(13)19;/h4,6,9,13,16-18H,3,5,7-8H2,1-2H3;1H. The van der Waals surface area contributed by atoms with Crippen LogP contribution in [0.4, 0.5) is 0 Å². The highest BCUT2D eigenvalue weighted by Crippen LogP contribution is 2.31. The second kappa shape index (κ2) is 7.07. The lowest BCUT2D eigenvalue weighted by atomic mass is 9.83. The number of benzene rings is 1. The van der Waals surface area contributed by atoms with Gasteiger partial charge in [0.2, 0.25) is 0 Å². The lowest BCUT2D eigenvalue weighted by molar-refractivity contribution is 0.0922. The van der Waals surface area contributed by atoms with Crippen LogP contribution in [0.15, 0.2) is 12.1 Å². The molecule has 1 unspecified atom stereocenters. The number of halogens is 1. The van der Waals surface area contributed by atoms with Crippen LogP contribution in [0.25, 0.3) is 0 Å². The van der Waals surface area contributed by atoms with Crippen LogP contribution in [-0.4, -0.2) is 34.7 Å². The van der Waals surface area contributed by atoms with Crippen LogP contribution in [0, 0.1) is 0 Å². The van der Waals surface area contributed by atoms with E-state index in [1.54, 1.807) is 12.1 Å². The number of hydrogen-bond acceptors (Lipinski definition) is 4. The first kappa shape index (κ1) is 17.0. The Bertz CT molecular complexity index is 488. The lowest BCUT2D eigenvalue weighted by Gasteiger charge is -2.27. The summed E-state index contributed by atoms with van der Waals surface area (Å²) in [6.45, 7) is 4.03. The van der Waals surface area contributed by atoms with Crippen molar-refractivity contribution in [2.45, 2.75) is 45.2 Å². The van der Waals surface area contributed by atoms with Gasteiger partial charge in [-0.05, 0) is 37.0 Å². The molecule has 0 aromatic heterocycles. The molecule has 2 rings (SSSR count). The van der Waals surface area contributed by atoms with Gasteiger partial charge in [-0.25, -0.2) is 0 Å². The monoisotopic (exact) mass is 299 g/mol. The fourth-order valence-electron chi connectivity index (χ4n) is 2.76. The molecule has 1 aromatic rings.